The average Bonchev–Trinajstić information content (AvgIpc) is 3.36. The molecular formula is C36H42B2O7. The molecule has 45 heavy (non-hydrogen) atoms. The molecule has 0 bridgehead atoms. The van der Waals surface area contributed by atoms with Crippen molar-refractivity contribution in [3.05, 3.63) is 90.5 Å². The Morgan fingerprint density at radius 3 is 1.29 bits per heavy atom. The van der Waals surface area contributed by atoms with Crippen LogP contribution in [0.2, 0.25) is 0 Å². The molecule has 4 aromatic rings. The van der Waals surface area contributed by atoms with E-state index in [1.807, 2.05) is 128 Å². The summed E-state index contributed by atoms with van der Waals surface area (Å²) in [6.07, 6.45) is -0.720. The Hall–Kier alpha value is -3.49. The Kier molecular flexibility index (Phi) is 7.97. The van der Waals surface area contributed by atoms with Crippen LogP contribution in [0.4, 0.5) is 0 Å². The third-order valence-electron chi connectivity index (χ3n) is 9.64. The van der Waals surface area contributed by atoms with Crippen LogP contribution in [0.15, 0.2) is 84.9 Å². The molecule has 2 aliphatic heterocycles. The molecule has 234 valence electrons. The zero-order valence-corrected chi connectivity index (χ0v) is 27.7. The molecule has 0 N–H and O–H groups in total. The van der Waals surface area contributed by atoms with Crippen LogP contribution in [-0.4, -0.2) is 43.8 Å². The predicted octanol–water partition coefficient (Wildman–Crippen LogP) is 6.60. The summed E-state index contributed by atoms with van der Waals surface area (Å²) in [5.41, 5.74) is 1.08. The molecule has 0 saturated carbocycles. The molecule has 6 rings (SSSR count). The van der Waals surface area contributed by atoms with Gasteiger partial charge in [-0.05, 0) is 120 Å². The molecule has 0 aliphatic carbocycles. The maximum absolute atomic E-state index is 6.50. The maximum Gasteiger partial charge on any atom is 0.494 e. The lowest BCUT2D eigenvalue weighted by Gasteiger charge is -2.32. The van der Waals surface area contributed by atoms with Gasteiger partial charge in [-0.15, -0.1) is 0 Å². The number of fused-ring (bicyclic) bond motifs is 1. The predicted molar refractivity (Wildman–Crippen MR) is 179 cm³/mol. The van der Waals surface area contributed by atoms with Crippen molar-refractivity contribution < 1.29 is 32.8 Å². The molecule has 2 aliphatic rings. The first-order valence-electron chi connectivity index (χ1n) is 15.5. The fourth-order valence-electron chi connectivity index (χ4n) is 5.29. The molecule has 2 heterocycles. The minimum Gasteiger partial charge on any atom is -0.497 e. The van der Waals surface area contributed by atoms with E-state index in [9.17, 15) is 0 Å². The maximum atomic E-state index is 6.50. The van der Waals surface area contributed by atoms with Gasteiger partial charge in [0.05, 0.1) is 29.5 Å². The minimum atomic E-state index is -0.720. The van der Waals surface area contributed by atoms with Crippen molar-refractivity contribution in [2.75, 3.05) is 7.11 Å². The van der Waals surface area contributed by atoms with Crippen LogP contribution in [0.3, 0.4) is 0 Å². The summed E-state index contributed by atoms with van der Waals surface area (Å²) in [7, 11) is 0.774. The molecule has 0 aromatic heterocycles. The van der Waals surface area contributed by atoms with Gasteiger partial charge in [-0.1, -0.05) is 42.5 Å². The zero-order chi connectivity index (χ0) is 32.2. The number of benzene rings is 4. The molecule has 2 fully saturated rings. The third-order valence-corrected chi connectivity index (χ3v) is 9.64. The van der Waals surface area contributed by atoms with Crippen molar-refractivity contribution in [3.63, 3.8) is 0 Å². The molecule has 2 saturated heterocycles. The summed E-state index contributed by atoms with van der Waals surface area (Å²) < 4.78 is 43.3. The van der Waals surface area contributed by atoms with Crippen molar-refractivity contribution in [1.29, 1.82) is 0 Å². The molecule has 0 amide bonds. The van der Waals surface area contributed by atoms with E-state index >= 15 is 0 Å². The monoisotopic (exact) mass is 608 g/mol. The van der Waals surface area contributed by atoms with E-state index in [0.29, 0.717) is 11.5 Å². The molecule has 7 nitrogen and oxygen atoms in total. The lowest BCUT2D eigenvalue weighted by atomic mass is 9.79. The van der Waals surface area contributed by atoms with E-state index in [-0.39, 0.29) is 0 Å². The van der Waals surface area contributed by atoms with E-state index < -0.39 is 42.9 Å². The van der Waals surface area contributed by atoms with Crippen LogP contribution in [-0.2, 0) is 18.6 Å². The van der Waals surface area contributed by atoms with Gasteiger partial charge in [-0.25, -0.2) is 0 Å². The van der Waals surface area contributed by atoms with Crippen LogP contribution in [0.1, 0.15) is 67.2 Å². The van der Waals surface area contributed by atoms with Crippen molar-refractivity contribution in [2.45, 2.75) is 84.1 Å². The normalized spacial score (nSPS) is 19.7. The van der Waals surface area contributed by atoms with E-state index in [0.717, 1.165) is 33.0 Å². The Bertz CT molecular complexity index is 1550. The number of rotatable bonds is 8. The highest BCUT2D eigenvalue weighted by Gasteiger charge is 2.52. The summed E-state index contributed by atoms with van der Waals surface area (Å²) in [4.78, 5) is 0. The summed E-state index contributed by atoms with van der Waals surface area (Å²) in [5, 5.41) is 2.12. The molecular weight excluding hydrogens is 566 g/mol. The third kappa shape index (κ3) is 6.19. The fourth-order valence-corrected chi connectivity index (χ4v) is 5.29. The van der Waals surface area contributed by atoms with Gasteiger partial charge in [-0.3, -0.25) is 0 Å². The zero-order valence-electron chi connectivity index (χ0n) is 27.7. The molecule has 9 heteroatoms. The summed E-state index contributed by atoms with van der Waals surface area (Å²) >= 11 is 0. The van der Waals surface area contributed by atoms with E-state index in [1.165, 1.54) is 0 Å². The lowest BCUT2D eigenvalue weighted by Crippen LogP contribution is -2.41. The summed E-state index contributed by atoms with van der Waals surface area (Å²) in [5.74, 6) is 2.12. The Morgan fingerprint density at radius 2 is 0.867 bits per heavy atom. The number of methoxy groups -OCH3 is 1. The first kappa shape index (κ1) is 31.5. The van der Waals surface area contributed by atoms with Crippen LogP contribution >= 0.6 is 0 Å². The molecule has 4 aromatic carbocycles. The highest BCUT2D eigenvalue weighted by Crippen LogP contribution is 2.38. The van der Waals surface area contributed by atoms with Crippen LogP contribution in [0.25, 0.3) is 10.8 Å². The van der Waals surface area contributed by atoms with Gasteiger partial charge in [0, 0.05) is 5.56 Å². The second-order valence-electron chi connectivity index (χ2n) is 13.9. The van der Waals surface area contributed by atoms with Gasteiger partial charge in [0.15, 0.2) is 0 Å². The SMILES string of the molecule is COc1ccc2cc(C(Oc3ccc(B4OC(C)(C)C(C)(C)O4)cc3)Oc3ccc(B4OC(C)(C)C(C)(C)O4)cc3)ccc2c1. The van der Waals surface area contributed by atoms with Gasteiger partial charge in [0.1, 0.15) is 17.2 Å². The van der Waals surface area contributed by atoms with Gasteiger partial charge in [0.2, 0.25) is 0 Å². The topological polar surface area (TPSA) is 64.6 Å². The highest BCUT2D eigenvalue weighted by atomic mass is 16.7. The second-order valence-corrected chi connectivity index (χ2v) is 13.9. The van der Waals surface area contributed by atoms with Crippen molar-refractivity contribution in [1.82, 2.24) is 0 Å². The quantitative estimate of drug-likeness (QED) is 0.165. The number of ether oxygens (including phenoxy) is 3. The molecule has 0 atom stereocenters. The Balaban J connectivity index is 1.25. The second kappa shape index (κ2) is 11.4. The van der Waals surface area contributed by atoms with Crippen LogP contribution < -0.4 is 25.1 Å². The number of hydrogen-bond donors (Lipinski definition) is 0. The van der Waals surface area contributed by atoms with Crippen LogP contribution in [0, 0.1) is 0 Å². The van der Waals surface area contributed by atoms with E-state index in [4.69, 9.17) is 32.8 Å². The molecule has 0 unspecified atom stereocenters. The smallest absolute Gasteiger partial charge is 0.494 e. The van der Waals surface area contributed by atoms with Crippen molar-refractivity contribution >= 4 is 35.9 Å². The number of hydrogen-bond acceptors (Lipinski definition) is 7. The Labute approximate surface area is 267 Å². The molecule has 0 radical (unpaired) electrons. The first-order chi connectivity index (χ1) is 21.2. The van der Waals surface area contributed by atoms with E-state index in [2.05, 4.69) is 12.1 Å². The minimum absolute atomic E-state index is 0.413. The van der Waals surface area contributed by atoms with Crippen molar-refractivity contribution in [3.8, 4) is 17.2 Å². The van der Waals surface area contributed by atoms with Crippen LogP contribution in [0.5, 0.6) is 17.2 Å². The standard InChI is InChI=1S/C36H42B2O7/c1-33(2)34(3,4)43-37(42-33)27-13-18-29(19-14-27)40-32(26-11-10-25-23-31(39-9)17-12-24(25)22-26)41-30-20-15-28(16-21-30)38-44-35(5,6)36(7,8)45-38/h10-23,32H,1-9H3. The van der Waals surface area contributed by atoms with Crippen molar-refractivity contribution in [2.24, 2.45) is 0 Å². The average molecular weight is 608 g/mol. The van der Waals surface area contributed by atoms with Gasteiger partial charge in [-0.2, -0.15) is 0 Å². The largest absolute Gasteiger partial charge is 0.497 e. The highest BCUT2D eigenvalue weighted by molar-refractivity contribution is 6.62. The lowest BCUT2D eigenvalue weighted by molar-refractivity contribution is 0.00395. The summed E-state index contributed by atoms with van der Waals surface area (Å²) in [6.45, 7) is 16.4. The molecule has 0 spiro atoms. The first-order valence-corrected chi connectivity index (χ1v) is 15.5. The van der Waals surface area contributed by atoms with Gasteiger partial charge >= 0.3 is 14.2 Å². The van der Waals surface area contributed by atoms with Gasteiger partial charge in [0.25, 0.3) is 6.29 Å². The fraction of sp³-hybridized carbons (Fsp3) is 0.389. The summed E-state index contributed by atoms with van der Waals surface area (Å²) in [6, 6.07) is 27.7. The van der Waals surface area contributed by atoms with Gasteiger partial charge < -0.3 is 32.8 Å². The Morgan fingerprint density at radius 1 is 0.489 bits per heavy atom. The van der Waals surface area contributed by atoms with E-state index in [1.54, 1.807) is 7.11 Å².